The Balaban J connectivity index is 1.70. The number of hydrogen-bond acceptors (Lipinski definition) is 9. The summed E-state index contributed by atoms with van der Waals surface area (Å²) in [6.07, 6.45) is 1.28. The van der Waals surface area contributed by atoms with Crippen molar-refractivity contribution >= 4 is 41.0 Å². The van der Waals surface area contributed by atoms with Crippen molar-refractivity contribution in [2.75, 3.05) is 31.6 Å². The van der Waals surface area contributed by atoms with E-state index in [4.69, 9.17) is 9.47 Å². The lowest BCUT2D eigenvalue weighted by Crippen LogP contribution is -2.44. The average Bonchev–Trinajstić information content (AvgIpc) is 3.29. The summed E-state index contributed by atoms with van der Waals surface area (Å²) < 4.78 is 11.5. The first-order valence-electron chi connectivity index (χ1n) is 13.1. The lowest BCUT2D eigenvalue weighted by Gasteiger charge is -2.23. The number of esters is 1. The maximum atomic E-state index is 13.2. The van der Waals surface area contributed by atoms with Gasteiger partial charge in [0.1, 0.15) is 18.7 Å². The zero-order valence-electron chi connectivity index (χ0n) is 23.6. The predicted octanol–water partition coefficient (Wildman–Crippen LogP) is 1.61. The van der Waals surface area contributed by atoms with E-state index in [1.54, 1.807) is 27.7 Å². The number of H-pyrrole nitrogens is 1. The first-order chi connectivity index (χ1) is 19.4. The summed E-state index contributed by atoms with van der Waals surface area (Å²) in [5.74, 6) is -1.57. The van der Waals surface area contributed by atoms with Crippen molar-refractivity contribution in [3.63, 3.8) is 0 Å². The van der Waals surface area contributed by atoms with Crippen LogP contribution in [0, 0.1) is 0 Å². The van der Waals surface area contributed by atoms with Crippen molar-refractivity contribution in [1.82, 2.24) is 29.7 Å². The van der Waals surface area contributed by atoms with Crippen LogP contribution in [0.2, 0.25) is 0 Å². The molecule has 3 amide bonds. The Kier molecular flexibility index (Phi) is 10.6. The van der Waals surface area contributed by atoms with Gasteiger partial charge in [-0.05, 0) is 39.7 Å². The number of imidazole rings is 1. The van der Waals surface area contributed by atoms with Crippen molar-refractivity contribution in [2.24, 2.45) is 0 Å². The second-order valence-corrected chi connectivity index (χ2v) is 10.0. The Morgan fingerprint density at radius 3 is 2.54 bits per heavy atom. The van der Waals surface area contributed by atoms with Crippen molar-refractivity contribution in [2.45, 2.75) is 52.7 Å². The van der Waals surface area contributed by atoms with Crippen molar-refractivity contribution in [3.05, 3.63) is 52.6 Å². The molecule has 3 N–H and O–H groups in total. The number of alkyl carbamates (subject to hydrolysis) is 1. The Labute approximate surface area is 236 Å². The number of rotatable bonds is 12. The molecule has 2 heterocycles. The minimum atomic E-state index is -0.696. The Hall–Kier alpha value is -4.75. The summed E-state index contributed by atoms with van der Waals surface area (Å²) in [7, 11) is 0. The van der Waals surface area contributed by atoms with Crippen LogP contribution in [0.1, 0.15) is 39.7 Å². The van der Waals surface area contributed by atoms with E-state index < -0.39 is 29.1 Å². The van der Waals surface area contributed by atoms with E-state index in [9.17, 15) is 24.0 Å². The third-order valence-electron chi connectivity index (χ3n) is 5.55. The number of aromatic amines is 1. The van der Waals surface area contributed by atoms with Crippen LogP contribution in [-0.4, -0.2) is 80.1 Å². The molecule has 41 heavy (non-hydrogen) atoms. The van der Waals surface area contributed by atoms with Gasteiger partial charge in [-0.15, -0.1) is 0 Å². The summed E-state index contributed by atoms with van der Waals surface area (Å²) in [6.45, 7) is 6.27. The third kappa shape index (κ3) is 9.74. The van der Waals surface area contributed by atoms with E-state index in [0.717, 1.165) is 5.56 Å². The van der Waals surface area contributed by atoms with E-state index in [0.29, 0.717) is 6.42 Å². The first kappa shape index (κ1) is 30.8. The van der Waals surface area contributed by atoms with Crippen LogP contribution in [0.15, 0.2) is 41.5 Å². The van der Waals surface area contributed by atoms with Crippen LogP contribution in [0.25, 0.3) is 11.2 Å². The smallest absolute Gasteiger partial charge is 0.407 e. The lowest BCUT2D eigenvalue weighted by molar-refractivity contribution is -0.149. The van der Waals surface area contributed by atoms with Gasteiger partial charge in [-0.25, -0.2) is 9.78 Å². The topological polar surface area (TPSA) is 178 Å². The molecule has 0 aliphatic heterocycles. The van der Waals surface area contributed by atoms with Gasteiger partial charge in [0.25, 0.3) is 5.56 Å². The number of nitrogens with one attached hydrogen (secondary N) is 3. The molecule has 3 aromatic rings. The quantitative estimate of drug-likeness (QED) is 0.273. The van der Waals surface area contributed by atoms with Crippen molar-refractivity contribution in [1.29, 1.82) is 0 Å². The zero-order chi connectivity index (χ0) is 30.0. The number of ether oxygens (including phenoxy) is 2. The number of anilines is 1. The monoisotopic (exact) mass is 569 g/mol. The van der Waals surface area contributed by atoms with E-state index in [1.807, 2.05) is 30.3 Å². The second-order valence-electron chi connectivity index (χ2n) is 10.0. The molecule has 0 radical (unpaired) electrons. The number of carbonyl (C=O) groups excluding carboxylic acids is 4. The number of amides is 3. The molecule has 1 aromatic carbocycles. The minimum absolute atomic E-state index is 0.0136. The second kappa shape index (κ2) is 14.1. The molecule has 0 bridgehead atoms. The van der Waals surface area contributed by atoms with Crippen LogP contribution < -0.4 is 16.2 Å². The highest BCUT2D eigenvalue weighted by atomic mass is 16.6. The number of aryl methyl sites for hydroxylation is 1. The maximum absolute atomic E-state index is 13.2. The summed E-state index contributed by atoms with van der Waals surface area (Å²) in [6, 6.07) is 9.47. The van der Waals surface area contributed by atoms with Gasteiger partial charge < -0.3 is 24.3 Å². The normalized spacial score (nSPS) is 11.1. The van der Waals surface area contributed by atoms with Crippen LogP contribution in [0.4, 0.5) is 10.7 Å². The first-order valence-corrected chi connectivity index (χ1v) is 13.1. The fourth-order valence-corrected chi connectivity index (χ4v) is 3.73. The van der Waals surface area contributed by atoms with Gasteiger partial charge in [0, 0.05) is 19.5 Å². The molecular formula is C27H35N7O7. The van der Waals surface area contributed by atoms with Gasteiger partial charge in [0.2, 0.25) is 17.8 Å². The molecule has 14 nitrogen and oxygen atoms in total. The number of aromatic nitrogens is 4. The van der Waals surface area contributed by atoms with Crippen molar-refractivity contribution < 1.29 is 28.7 Å². The van der Waals surface area contributed by atoms with E-state index in [-0.39, 0.29) is 62.2 Å². The zero-order valence-corrected chi connectivity index (χ0v) is 23.6. The fourth-order valence-electron chi connectivity index (χ4n) is 3.73. The van der Waals surface area contributed by atoms with Gasteiger partial charge in [0.15, 0.2) is 11.2 Å². The summed E-state index contributed by atoms with van der Waals surface area (Å²) in [5, 5.41) is 5.13. The highest BCUT2D eigenvalue weighted by Gasteiger charge is 2.22. The van der Waals surface area contributed by atoms with Crippen LogP contribution in [0.5, 0.6) is 0 Å². The van der Waals surface area contributed by atoms with Crippen LogP contribution in [0.3, 0.4) is 0 Å². The Bertz CT molecular complexity index is 1430. The van der Waals surface area contributed by atoms with Gasteiger partial charge >= 0.3 is 12.1 Å². The minimum Gasteiger partial charge on any atom is -0.465 e. The number of hydrogen-bond donors (Lipinski definition) is 3. The molecule has 0 fully saturated rings. The molecule has 220 valence electrons. The Morgan fingerprint density at radius 1 is 1.12 bits per heavy atom. The van der Waals surface area contributed by atoms with Crippen LogP contribution >= 0.6 is 0 Å². The van der Waals surface area contributed by atoms with E-state index >= 15 is 0 Å². The molecule has 3 rings (SSSR count). The molecule has 0 atom stereocenters. The molecule has 2 aromatic heterocycles. The molecule has 14 heteroatoms. The van der Waals surface area contributed by atoms with Gasteiger partial charge in [-0.1, -0.05) is 30.3 Å². The molecule has 0 saturated heterocycles. The molecule has 0 spiro atoms. The van der Waals surface area contributed by atoms with Gasteiger partial charge in [-0.2, -0.15) is 4.98 Å². The molecule has 0 aliphatic carbocycles. The molecule has 0 saturated carbocycles. The maximum Gasteiger partial charge on any atom is 0.407 e. The standard InChI is InChI=1S/C27H35N7O7/c1-5-40-21(37)16-33(14-13-28-26(39)41-27(2,3)4)20(36)15-34-17-29-22-23(34)31-25(32-24(22)38)30-19(35)12-11-18-9-7-6-8-10-18/h6-10,17H,5,11-16H2,1-4H3,(H,28,39)(H2,30,31,32,35,38). The molecular weight excluding hydrogens is 534 g/mol. The largest absolute Gasteiger partial charge is 0.465 e. The molecule has 0 aliphatic rings. The van der Waals surface area contributed by atoms with Gasteiger partial charge in [0.05, 0.1) is 12.9 Å². The number of benzene rings is 1. The van der Waals surface area contributed by atoms with E-state index in [1.165, 1.54) is 15.8 Å². The number of carbonyl (C=O) groups is 4. The Morgan fingerprint density at radius 2 is 1.85 bits per heavy atom. The highest BCUT2D eigenvalue weighted by molar-refractivity contribution is 5.90. The third-order valence-corrected chi connectivity index (χ3v) is 5.55. The number of fused-ring (bicyclic) bond motifs is 1. The van der Waals surface area contributed by atoms with E-state index in [2.05, 4.69) is 25.6 Å². The van der Waals surface area contributed by atoms with Crippen molar-refractivity contribution in [3.8, 4) is 0 Å². The SMILES string of the molecule is CCOC(=O)CN(CCNC(=O)OC(C)(C)C)C(=O)Cn1cnc2c(=O)[nH]c(NC(=O)CCc3ccccc3)nc21. The highest BCUT2D eigenvalue weighted by Crippen LogP contribution is 2.11. The summed E-state index contributed by atoms with van der Waals surface area (Å²) >= 11 is 0. The predicted molar refractivity (Wildman–Crippen MR) is 149 cm³/mol. The van der Waals surface area contributed by atoms with Crippen LogP contribution in [-0.2, 0) is 36.8 Å². The average molecular weight is 570 g/mol. The molecule has 0 unspecified atom stereocenters. The summed E-state index contributed by atoms with van der Waals surface area (Å²) in [4.78, 5) is 74.4. The fraction of sp³-hybridized carbons (Fsp3) is 0.444. The van der Waals surface area contributed by atoms with Gasteiger partial charge in [-0.3, -0.25) is 29.5 Å². The lowest BCUT2D eigenvalue weighted by atomic mass is 10.1. The summed E-state index contributed by atoms with van der Waals surface area (Å²) in [5.41, 5.74) is -0.251. The number of nitrogens with zero attached hydrogens (tertiary/aromatic N) is 4.